The first-order valence-electron chi connectivity index (χ1n) is 12.6. The zero-order valence-electron chi connectivity index (χ0n) is 21.2. The van der Waals surface area contributed by atoms with E-state index in [4.69, 9.17) is 4.74 Å². The van der Waals surface area contributed by atoms with Crippen molar-refractivity contribution in [1.29, 1.82) is 0 Å². The highest BCUT2D eigenvalue weighted by molar-refractivity contribution is 5.93. The summed E-state index contributed by atoms with van der Waals surface area (Å²) in [5, 5.41) is 23.1. The fraction of sp³-hybridized carbons (Fsp3) is 0.346. The molecule has 12 heteroatoms. The number of aryl methyl sites for hydroxylation is 1. The van der Waals surface area contributed by atoms with Gasteiger partial charge in [-0.15, -0.1) is 0 Å². The van der Waals surface area contributed by atoms with E-state index in [2.05, 4.69) is 42.1 Å². The number of hydrogen-bond acceptors (Lipinski definition) is 7. The predicted molar refractivity (Wildman–Crippen MR) is 140 cm³/mol. The van der Waals surface area contributed by atoms with Crippen LogP contribution in [0.25, 0.3) is 27.5 Å². The number of benzene rings is 1. The molecule has 1 aliphatic rings. The second-order valence-electron chi connectivity index (χ2n) is 9.87. The number of anilines is 2. The van der Waals surface area contributed by atoms with E-state index >= 15 is 4.39 Å². The third kappa shape index (κ3) is 4.31. The maximum Gasteiger partial charge on any atom is 0.407 e. The lowest BCUT2D eigenvalue weighted by atomic mass is 10.0. The summed E-state index contributed by atoms with van der Waals surface area (Å²) in [5.41, 5.74) is 4.35. The maximum absolute atomic E-state index is 15.2. The fourth-order valence-electron chi connectivity index (χ4n) is 5.07. The summed E-state index contributed by atoms with van der Waals surface area (Å²) in [5.74, 6) is 0.624. The maximum atomic E-state index is 15.2. The number of nitrogens with zero attached hydrogens (tertiary/aromatic N) is 6. The summed E-state index contributed by atoms with van der Waals surface area (Å²) in [7, 11) is 1.91. The van der Waals surface area contributed by atoms with Crippen molar-refractivity contribution in [2.45, 2.75) is 50.9 Å². The molecule has 0 aliphatic heterocycles. The number of amides is 1. The van der Waals surface area contributed by atoms with Gasteiger partial charge in [-0.05, 0) is 44.4 Å². The van der Waals surface area contributed by atoms with E-state index in [1.54, 1.807) is 29.2 Å². The third-order valence-electron chi connectivity index (χ3n) is 6.90. The predicted octanol–water partition coefficient (Wildman–Crippen LogP) is 4.47. The summed E-state index contributed by atoms with van der Waals surface area (Å²) in [6.07, 6.45) is 5.34. The van der Waals surface area contributed by atoms with Crippen molar-refractivity contribution in [1.82, 2.24) is 39.9 Å². The molecule has 38 heavy (non-hydrogen) atoms. The molecule has 1 aliphatic carbocycles. The van der Waals surface area contributed by atoms with Gasteiger partial charge in [0.05, 0.1) is 17.9 Å². The highest BCUT2D eigenvalue weighted by Gasteiger charge is 2.41. The Bertz CT molecular complexity index is 1620. The normalized spacial score (nSPS) is 19.4. The van der Waals surface area contributed by atoms with Crippen LogP contribution in [0.3, 0.4) is 0 Å². The lowest BCUT2D eigenvalue weighted by Crippen LogP contribution is -2.36. The number of fused-ring (bicyclic) bond motifs is 2. The van der Waals surface area contributed by atoms with Crippen LogP contribution in [0.15, 0.2) is 49.1 Å². The van der Waals surface area contributed by atoms with E-state index in [0.717, 1.165) is 27.5 Å². The minimum atomic E-state index is -1.33. The molecule has 3 atom stereocenters. The summed E-state index contributed by atoms with van der Waals surface area (Å²) < 4.78 is 24.1. The van der Waals surface area contributed by atoms with Crippen molar-refractivity contribution in [3.05, 3.63) is 54.7 Å². The van der Waals surface area contributed by atoms with Crippen LogP contribution in [0.5, 0.6) is 0 Å². The Labute approximate surface area is 217 Å². The topological polar surface area (TPSA) is 127 Å². The molecule has 0 saturated heterocycles. The molecule has 3 N–H and O–H groups in total. The number of aromatic nitrogens is 7. The molecule has 0 spiro atoms. The monoisotopic (exact) mass is 517 g/mol. The van der Waals surface area contributed by atoms with Crippen molar-refractivity contribution < 1.29 is 13.9 Å². The SMILES string of the molecule is CC(C)NC(=O)O[C@@H]1CC[C@H](c2cc(Nc3nccn4ncc(-c5ccc6c(cnn6C)c5)c34)n[nH]2)[C@@H]1F. The second kappa shape index (κ2) is 9.43. The molecule has 0 unspecified atom stereocenters. The summed E-state index contributed by atoms with van der Waals surface area (Å²) in [6, 6.07) is 7.84. The Balaban J connectivity index is 1.23. The number of H-pyrrole nitrogens is 1. The van der Waals surface area contributed by atoms with Crippen molar-refractivity contribution in [3.63, 3.8) is 0 Å². The fourth-order valence-corrected chi connectivity index (χ4v) is 5.07. The highest BCUT2D eigenvalue weighted by Crippen LogP contribution is 2.39. The highest BCUT2D eigenvalue weighted by atomic mass is 19.1. The van der Waals surface area contributed by atoms with Crippen molar-refractivity contribution in [2.24, 2.45) is 7.05 Å². The number of carbonyl (C=O) groups is 1. The van der Waals surface area contributed by atoms with Crippen LogP contribution in [0, 0.1) is 0 Å². The molecule has 1 amide bonds. The first-order valence-corrected chi connectivity index (χ1v) is 12.6. The molecule has 196 valence electrons. The molecule has 0 radical (unpaired) electrons. The molecule has 1 saturated carbocycles. The lowest BCUT2D eigenvalue weighted by molar-refractivity contribution is 0.0555. The average Bonchev–Trinajstić information content (AvgIpc) is 3.67. The van der Waals surface area contributed by atoms with E-state index in [0.29, 0.717) is 30.2 Å². The van der Waals surface area contributed by atoms with E-state index in [1.165, 1.54) is 0 Å². The van der Waals surface area contributed by atoms with Crippen LogP contribution in [0.1, 0.15) is 38.3 Å². The van der Waals surface area contributed by atoms with Crippen molar-refractivity contribution in [3.8, 4) is 11.1 Å². The van der Waals surface area contributed by atoms with Crippen molar-refractivity contribution >= 4 is 34.1 Å². The molecular weight excluding hydrogens is 489 g/mol. The van der Waals surface area contributed by atoms with Gasteiger partial charge in [0, 0.05) is 54.1 Å². The van der Waals surface area contributed by atoms with Gasteiger partial charge in [-0.25, -0.2) is 18.7 Å². The van der Waals surface area contributed by atoms with Gasteiger partial charge >= 0.3 is 6.09 Å². The number of nitrogens with one attached hydrogen (secondary N) is 3. The minimum absolute atomic E-state index is 0.0772. The van der Waals surface area contributed by atoms with E-state index in [9.17, 15) is 4.79 Å². The first kappa shape index (κ1) is 23.9. The molecule has 0 bridgehead atoms. The zero-order valence-corrected chi connectivity index (χ0v) is 21.2. The van der Waals surface area contributed by atoms with Crippen LogP contribution in [0.4, 0.5) is 20.8 Å². The van der Waals surface area contributed by atoms with Crippen LogP contribution in [0.2, 0.25) is 0 Å². The first-order chi connectivity index (χ1) is 18.4. The van der Waals surface area contributed by atoms with Crippen LogP contribution >= 0.6 is 0 Å². The number of rotatable bonds is 6. The van der Waals surface area contributed by atoms with Crippen LogP contribution in [-0.2, 0) is 11.8 Å². The standard InChI is InChI=1S/C26H28FN9O2/c1-14(2)31-26(37)38-21-7-5-17(23(21)27)19-11-22(34-33-19)32-25-24-18(13-30-36(24)9-8-28-25)15-4-6-20-16(10-15)12-29-35(20)3/h4,6,8-14,17,21,23H,5,7H2,1-3H3,(H,31,37)(H2,28,32,33,34)/t17-,21-,23+/m1/s1. The van der Waals surface area contributed by atoms with Gasteiger partial charge in [0.25, 0.3) is 0 Å². The number of alkyl halides is 1. The lowest BCUT2D eigenvalue weighted by Gasteiger charge is -2.18. The van der Waals surface area contributed by atoms with Gasteiger partial charge in [-0.1, -0.05) is 6.07 Å². The molecule has 11 nitrogen and oxygen atoms in total. The van der Waals surface area contributed by atoms with E-state index in [1.807, 2.05) is 43.9 Å². The molecule has 1 fully saturated rings. The van der Waals surface area contributed by atoms with Gasteiger partial charge in [0.2, 0.25) is 0 Å². The van der Waals surface area contributed by atoms with E-state index < -0.39 is 24.3 Å². The number of carbonyl (C=O) groups excluding carboxylic acids is 1. The number of halogens is 1. The largest absolute Gasteiger partial charge is 0.443 e. The second-order valence-corrected chi connectivity index (χ2v) is 9.87. The third-order valence-corrected chi connectivity index (χ3v) is 6.90. The molecule has 6 rings (SSSR count). The number of aromatic amines is 1. The summed E-state index contributed by atoms with van der Waals surface area (Å²) >= 11 is 0. The molecule has 4 aromatic heterocycles. The quantitative estimate of drug-likeness (QED) is 0.303. The Morgan fingerprint density at radius 2 is 2.08 bits per heavy atom. The Hall–Kier alpha value is -4.48. The zero-order chi connectivity index (χ0) is 26.4. The number of alkyl carbamates (subject to hydrolysis) is 1. The van der Waals surface area contributed by atoms with E-state index in [-0.39, 0.29) is 6.04 Å². The van der Waals surface area contributed by atoms with Crippen LogP contribution < -0.4 is 10.6 Å². The Morgan fingerprint density at radius 1 is 1.21 bits per heavy atom. The smallest absolute Gasteiger partial charge is 0.407 e. The van der Waals surface area contributed by atoms with Gasteiger partial charge in [0.1, 0.15) is 17.8 Å². The number of hydrogen-bond donors (Lipinski definition) is 3. The van der Waals surface area contributed by atoms with Gasteiger partial charge < -0.3 is 15.4 Å². The molecular formula is C26H28FN9O2. The van der Waals surface area contributed by atoms with Gasteiger partial charge in [0.15, 0.2) is 11.6 Å². The minimum Gasteiger partial charge on any atom is -0.443 e. The molecule has 4 heterocycles. The van der Waals surface area contributed by atoms with Gasteiger partial charge in [-0.3, -0.25) is 9.78 Å². The van der Waals surface area contributed by atoms with Gasteiger partial charge in [-0.2, -0.15) is 15.3 Å². The Morgan fingerprint density at radius 3 is 2.92 bits per heavy atom. The molecule has 1 aromatic carbocycles. The number of ether oxygens (including phenoxy) is 1. The molecule has 5 aromatic rings. The van der Waals surface area contributed by atoms with Crippen LogP contribution in [-0.4, -0.2) is 59.0 Å². The van der Waals surface area contributed by atoms with Crippen molar-refractivity contribution in [2.75, 3.05) is 5.32 Å². The summed E-state index contributed by atoms with van der Waals surface area (Å²) in [4.78, 5) is 16.5. The summed E-state index contributed by atoms with van der Waals surface area (Å²) in [6.45, 7) is 3.65. The Kier molecular flexibility index (Phi) is 5.93. The average molecular weight is 518 g/mol.